The number of carbonyl (C=O) groups is 1. The standard InChI is InChI=1S/C15H15NO2/c1-16(2)13-10-6-7-11-14(13)18-15(17)12-8-4-3-5-9-12/h3-11H,1-2H3. The predicted octanol–water partition coefficient (Wildman–Crippen LogP) is 2.97. The van der Waals surface area contributed by atoms with Gasteiger partial charge in [0.25, 0.3) is 0 Å². The third-order valence-electron chi connectivity index (χ3n) is 2.56. The molecule has 3 heteroatoms. The monoisotopic (exact) mass is 241 g/mol. The molecule has 0 radical (unpaired) electrons. The molecule has 3 nitrogen and oxygen atoms in total. The van der Waals surface area contributed by atoms with Crippen LogP contribution in [0.3, 0.4) is 0 Å². The molecule has 2 rings (SSSR count). The van der Waals surface area contributed by atoms with Crippen LogP contribution in [-0.4, -0.2) is 20.1 Å². The number of para-hydroxylation sites is 2. The van der Waals surface area contributed by atoms with E-state index >= 15 is 0 Å². The first-order valence-corrected chi connectivity index (χ1v) is 5.72. The maximum atomic E-state index is 11.9. The van der Waals surface area contributed by atoms with Gasteiger partial charge in [-0.1, -0.05) is 30.3 Å². The average Bonchev–Trinajstić information content (AvgIpc) is 2.40. The molecule has 0 saturated heterocycles. The number of esters is 1. The van der Waals surface area contributed by atoms with Crippen molar-refractivity contribution in [3.05, 3.63) is 60.2 Å². The van der Waals surface area contributed by atoms with Gasteiger partial charge in [-0.25, -0.2) is 4.79 Å². The molecule has 0 bridgehead atoms. The molecule has 0 fully saturated rings. The molecule has 0 N–H and O–H groups in total. The second-order valence-corrected chi connectivity index (χ2v) is 4.12. The summed E-state index contributed by atoms with van der Waals surface area (Å²) in [5.41, 5.74) is 1.42. The normalized spacial score (nSPS) is 9.89. The van der Waals surface area contributed by atoms with Crippen LogP contribution in [0.25, 0.3) is 0 Å². The third-order valence-corrected chi connectivity index (χ3v) is 2.56. The van der Waals surface area contributed by atoms with Crippen molar-refractivity contribution < 1.29 is 9.53 Å². The highest BCUT2D eigenvalue weighted by atomic mass is 16.5. The van der Waals surface area contributed by atoms with E-state index in [4.69, 9.17) is 4.74 Å². The average molecular weight is 241 g/mol. The van der Waals surface area contributed by atoms with Crippen LogP contribution < -0.4 is 9.64 Å². The lowest BCUT2D eigenvalue weighted by Crippen LogP contribution is -2.14. The molecule has 0 aliphatic rings. The van der Waals surface area contributed by atoms with Gasteiger partial charge in [-0.05, 0) is 24.3 Å². The SMILES string of the molecule is CN(C)c1ccccc1OC(=O)c1ccccc1. The minimum Gasteiger partial charge on any atom is -0.421 e. The molecule has 92 valence electrons. The van der Waals surface area contributed by atoms with Gasteiger partial charge in [0.05, 0.1) is 11.3 Å². The van der Waals surface area contributed by atoms with Crippen LogP contribution in [0, 0.1) is 0 Å². The molecule has 0 heterocycles. The van der Waals surface area contributed by atoms with Gasteiger partial charge in [0.15, 0.2) is 5.75 Å². The molecule has 0 aliphatic heterocycles. The lowest BCUT2D eigenvalue weighted by molar-refractivity contribution is 0.0735. The molecule has 0 atom stereocenters. The second kappa shape index (κ2) is 5.36. The van der Waals surface area contributed by atoms with Crippen LogP contribution in [0.5, 0.6) is 5.75 Å². The second-order valence-electron chi connectivity index (χ2n) is 4.12. The number of rotatable bonds is 3. The van der Waals surface area contributed by atoms with E-state index in [0.717, 1.165) is 5.69 Å². The van der Waals surface area contributed by atoms with Crippen LogP contribution in [0.1, 0.15) is 10.4 Å². The number of carbonyl (C=O) groups excluding carboxylic acids is 1. The van der Waals surface area contributed by atoms with Crippen molar-refractivity contribution in [3.8, 4) is 5.75 Å². The van der Waals surface area contributed by atoms with Crippen molar-refractivity contribution in [3.63, 3.8) is 0 Å². The van der Waals surface area contributed by atoms with E-state index in [1.54, 1.807) is 18.2 Å². The Morgan fingerprint density at radius 2 is 1.56 bits per heavy atom. The molecular formula is C15H15NO2. The number of nitrogens with zero attached hydrogens (tertiary/aromatic N) is 1. The molecule has 2 aromatic carbocycles. The van der Waals surface area contributed by atoms with E-state index in [9.17, 15) is 4.79 Å². The number of hydrogen-bond acceptors (Lipinski definition) is 3. The van der Waals surface area contributed by atoms with Crippen molar-refractivity contribution in [1.82, 2.24) is 0 Å². The molecule has 0 saturated carbocycles. The zero-order valence-corrected chi connectivity index (χ0v) is 10.5. The van der Waals surface area contributed by atoms with E-state index in [1.165, 1.54) is 0 Å². The van der Waals surface area contributed by atoms with Crippen molar-refractivity contribution in [1.29, 1.82) is 0 Å². The maximum absolute atomic E-state index is 11.9. The quantitative estimate of drug-likeness (QED) is 0.611. The summed E-state index contributed by atoms with van der Waals surface area (Å²) in [4.78, 5) is 13.9. The summed E-state index contributed by atoms with van der Waals surface area (Å²) in [7, 11) is 3.82. The molecule has 18 heavy (non-hydrogen) atoms. The predicted molar refractivity (Wildman–Crippen MR) is 72.2 cm³/mol. The van der Waals surface area contributed by atoms with Crippen LogP contribution in [0.4, 0.5) is 5.69 Å². The number of anilines is 1. The number of hydrogen-bond donors (Lipinski definition) is 0. The summed E-state index contributed by atoms with van der Waals surface area (Å²) in [6, 6.07) is 16.4. The first kappa shape index (κ1) is 12.2. The van der Waals surface area contributed by atoms with Gasteiger partial charge in [-0.3, -0.25) is 0 Å². The summed E-state index contributed by atoms with van der Waals surface area (Å²) >= 11 is 0. The fraction of sp³-hybridized carbons (Fsp3) is 0.133. The Bertz CT molecular complexity index is 535. The Kier molecular flexibility index (Phi) is 3.63. The zero-order valence-electron chi connectivity index (χ0n) is 10.5. The van der Waals surface area contributed by atoms with Gasteiger partial charge in [-0.2, -0.15) is 0 Å². The van der Waals surface area contributed by atoms with E-state index in [-0.39, 0.29) is 5.97 Å². The van der Waals surface area contributed by atoms with E-state index in [1.807, 2.05) is 55.4 Å². The fourth-order valence-corrected chi connectivity index (χ4v) is 1.65. The summed E-state index contributed by atoms with van der Waals surface area (Å²) < 4.78 is 5.41. The highest BCUT2D eigenvalue weighted by molar-refractivity contribution is 5.91. The van der Waals surface area contributed by atoms with Crippen molar-refractivity contribution in [2.75, 3.05) is 19.0 Å². The number of benzene rings is 2. The molecular weight excluding hydrogens is 226 g/mol. The molecule has 0 spiro atoms. The van der Waals surface area contributed by atoms with Crippen molar-refractivity contribution in [2.45, 2.75) is 0 Å². The van der Waals surface area contributed by atoms with Gasteiger partial charge in [-0.15, -0.1) is 0 Å². The highest BCUT2D eigenvalue weighted by Gasteiger charge is 2.11. The number of ether oxygens (including phenoxy) is 1. The molecule has 2 aromatic rings. The van der Waals surface area contributed by atoms with Gasteiger partial charge >= 0.3 is 5.97 Å². The Balaban J connectivity index is 2.22. The maximum Gasteiger partial charge on any atom is 0.343 e. The molecule has 0 aromatic heterocycles. The molecule has 0 amide bonds. The van der Waals surface area contributed by atoms with Crippen LogP contribution in [0.2, 0.25) is 0 Å². The molecule has 0 unspecified atom stereocenters. The Labute approximate surface area is 107 Å². The minimum absolute atomic E-state index is 0.343. The van der Waals surface area contributed by atoms with Gasteiger partial charge in [0.1, 0.15) is 0 Å². The topological polar surface area (TPSA) is 29.5 Å². The zero-order chi connectivity index (χ0) is 13.0. The minimum atomic E-state index is -0.343. The van der Waals surface area contributed by atoms with Crippen LogP contribution >= 0.6 is 0 Å². The summed E-state index contributed by atoms with van der Waals surface area (Å²) in [6.45, 7) is 0. The summed E-state index contributed by atoms with van der Waals surface area (Å²) in [5.74, 6) is 0.223. The highest BCUT2D eigenvalue weighted by Crippen LogP contribution is 2.26. The summed E-state index contributed by atoms with van der Waals surface area (Å²) in [6.07, 6.45) is 0. The first-order chi connectivity index (χ1) is 8.68. The van der Waals surface area contributed by atoms with Gasteiger partial charge in [0.2, 0.25) is 0 Å². The lowest BCUT2D eigenvalue weighted by atomic mass is 10.2. The largest absolute Gasteiger partial charge is 0.421 e. The van der Waals surface area contributed by atoms with E-state index < -0.39 is 0 Å². The van der Waals surface area contributed by atoms with Crippen LogP contribution in [0.15, 0.2) is 54.6 Å². The van der Waals surface area contributed by atoms with Crippen molar-refractivity contribution >= 4 is 11.7 Å². The van der Waals surface area contributed by atoms with Gasteiger partial charge < -0.3 is 9.64 Å². The molecule has 0 aliphatic carbocycles. The Morgan fingerprint density at radius 3 is 2.22 bits per heavy atom. The van der Waals surface area contributed by atoms with Crippen molar-refractivity contribution in [2.24, 2.45) is 0 Å². The Hall–Kier alpha value is -2.29. The van der Waals surface area contributed by atoms with Crippen LogP contribution in [-0.2, 0) is 0 Å². The third kappa shape index (κ3) is 2.69. The Morgan fingerprint density at radius 1 is 0.944 bits per heavy atom. The fourth-order valence-electron chi connectivity index (χ4n) is 1.65. The van der Waals surface area contributed by atoms with E-state index in [0.29, 0.717) is 11.3 Å². The smallest absolute Gasteiger partial charge is 0.343 e. The van der Waals surface area contributed by atoms with Gasteiger partial charge in [0, 0.05) is 14.1 Å². The van der Waals surface area contributed by atoms with E-state index in [2.05, 4.69) is 0 Å². The summed E-state index contributed by atoms with van der Waals surface area (Å²) in [5, 5.41) is 0. The lowest BCUT2D eigenvalue weighted by Gasteiger charge is -2.16. The first-order valence-electron chi connectivity index (χ1n) is 5.72.